The number of allylic oxidation sites excluding steroid dienone is 2. The molecule has 0 radical (unpaired) electrons. The van der Waals surface area contributed by atoms with E-state index in [-0.39, 0.29) is 36.3 Å². The van der Waals surface area contributed by atoms with Gasteiger partial charge in [-0.1, -0.05) is 55.0 Å². The quantitative estimate of drug-likeness (QED) is 0.364. The molecule has 0 unspecified atom stereocenters. The van der Waals surface area contributed by atoms with Crippen LogP contribution in [0.5, 0.6) is 5.75 Å². The molecule has 1 aliphatic heterocycles. The second-order valence-corrected chi connectivity index (χ2v) is 10.1. The number of ether oxygens (including phenoxy) is 1. The number of likely N-dealkylation sites (tertiary alicyclic amines) is 1. The second kappa shape index (κ2) is 13.0. The number of hydrogen-bond acceptors (Lipinski definition) is 5. The number of phenolic OH excluding ortho intramolecular Hbond substituents is 1. The molecule has 1 aliphatic carbocycles. The van der Waals surface area contributed by atoms with Crippen molar-refractivity contribution < 1.29 is 24.9 Å². The van der Waals surface area contributed by atoms with E-state index in [9.17, 15) is 15.0 Å². The van der Waals surface area contributed by atoms with Crippen molar-refractivity contribution >= 4 is 5.97 Å². The molecule has 2 aromatic carbocycles. The van der Waals surface area contributed by atoms with Gasteiger partial charge in [0, 0.05) is 24.8 Å². The second-order valence-electron chi connectivity index (χ2n) is 10.1. The predicted octanol–water partition coefficient (Wildman–Crippen LogP) is 5.38. The van der Waals surface area contributed by atoms with Crippen LogP contribution in [0.15, 0.2) is 60.7 Å². The van der Waals surface area contributed by atoms with Gasteiger partial charge in [-0.15, -0.1) is 0 Å². The first-order valence-corrected chi connectivity index (χ1v) is 13.3. The standard InChI is InChI=1S/C30H39NO5/c32-25-10-8-9-24(19-25)23-15-13-22(14-16-23)21-36-28-20-27(33)30(31-17-6-3-7-18-31)26(28)11-4-1-2-5-12-29(34)35/h1-2,8-10,13-16,19,26-28,30,32-33H,3-7,11-12,17-18,20-21H2,(H,34,35)/b2-1-/t26-,27-,28-,30+/m0/s1. The van der Waals surface area contributed by atoms with E-state index in [0.717, 1.165) is 42.6 Å². The van der Waals surface area contributed by atoms with Gasteiger partial charge in [-0.05, 0) is 74.0 Å². The molecule has 2 fully saturated rings. The van der Waals surface area contributed by atoms with Crippen molar-refractivity contribution in [2.75, 3.05) is 13.1 Å². The number of aromatic hydroxyl groups is 1. The molecule has 1 saturated heterocycles. The van der Waals surface area contributed by atoms with Crippen molar-refractivity contribution in [3.8, 4) is 16.9 Å². The fraction of sp³-hybridized carbons (Fsp3) is 0.500. The molecule has 4 rings (SSSR count). The largest absolute Gasteiger partial charge is 0.508 e. The van der Waals surface area contributed by atoms with Crippen molar-refractivity contribution in [3.63, 3.8) is 0 Å². The average Bonchev–Trinajstić information content (AvgIpc) is 3.20. The van der Waals surface area contributed by atoms with Crippen LogP contribution in [0, 0.1) is 5.92 Å². The number of piperidine rings is 1. The molecule has 2 aromatic rings. The Morgan fingerprint density at radius 3 is 2.47 bits per heavy atom. The summed E-state index contributed by atoms with van der Waals surface area (Å²) in [5.41, 5.74) is 3.10. The van der Waals surface area contributed by atoms with Gasteiger partial charge in [0.2, 0.25) is 0 Å². The van der Waals surface area contributed by atoms with Crippen molar-refractivity contribution in [2.24, 2.45) is 5.92 Å². The third-order valence-corrected chi connectivity index (χ3v) is 7.55. The predicted molar refractivity (Wildman–Crippen MR) is 141 cm³/mol. The fourth-order valence-electron chi connectivity index (χ4n) is 5.75. The summed E-state index contributed by atoms with van der Waals surface area (Å²) in [4.78, 5) is 13.2. The number of carbonyl (C=O) groups is 1. The lowest BCUT2D eigenvalue weighted by Crippen LogP contribution is -2.47. The SMILES string of the molecule is O=C(O)CC/C=C\CC[C@@H]1[C@@H](N2CCCCC2)[C@@H](O)C[C@@H]1OCc1ccc(-c2cccc(O)c2)cc1. The van der Waals surface area contributed by atoms with Crippen LogP contribution >= 0.6 is 0 Å². The van der Waals surface area contributed by atoms with Crippen molar-refractivity contribution in [3.05, 3.63) is 66.2 Å². The lowest BCUT2D eigenvalue weighted by molar-refractivity contribution is -0.136. The summed E-state index contributed by atoms with van der Waals surface area (Å²) >= 11 is 0. The molecular formula is C30H39NO5. The Morgan fingerprint density at radius 2 is 1.75 bits per heavy atom. The monoisotopic (exact) mass is 493 g/mol. The Kier molecular flexibility index (Phi) is 9.56. The van der Waals surface area contributed by atoms with Gasteiger partial charge in [-0.25, -0.2) is 0 Å². The summed E-state index contributed by atoms with van der Waals surface area (Å²) in [6.45, 7) is 2.57. The van der Waals surface area contributed by atoms with Crippen LogP contribution in [0.2, 0.25) is 0 Å². The van der Waals surface area contributed by atoms with Crippen LogP contribution in [0.25, 0.3) is 11.1 Å². The van der Waals surface area contributed by atoms with Gasteiger partial charge >= 0.3 is 5.97 Å². The molecule has 0 aromatic heterocycles. The molecule has 6 nitrogen and oxygen atoms in total. The van der Waals surface area contributed by atoms with E-state index in [1.54, 1.807) is 12.1 Å². The van der Waals surface area contributed by atoms with Crippen LogP contribution < -0.4 is 0 Å². The van der Waals surface area contributed by atoms with E-state index in [4.69, 9.17) is 9.84 Å². The zero-order valence-corrected chi connectivity index (χ0v) is 21.0. The average molecular weight is 494 g/mol. The number of benzene rings is 2. The summed E-state index contributed by atoms with van der Waals surface area (Å²) in [7, 11) is 0. The highest BCUT2D eigenvalue weighted by atomic mass is 16.5. The number of carboxylic acids is 1. The molecular weight excluding hydrogens is 454 g/mol. The van der Waals surface area contributed by atoms with Crippen LogP contribution in [0.1, 0.15) is 56.9 Å². The van der Waals surface area contributed by atoms with E-state index in [1.807, 2.05) is 30.3 Å². The van der Waals surface area contributed by atoms with Gasteiger partial charge in [-0.2, -0.15) is 0 Å². The Hall–Kier alpha value is -2.67. The zero-order valence-electron chi connectivity index (χ0n) is 21.0. The smallest absolute Gasteiger partial charge is 0.303 e. The summed E-state index contributed by atoms with van der Waals surface area (Å²) in [5, 5.41) is 29.6. The lowest BCUT2D eigenvalue weighted by Gasteiger charge is -2.38. The zero-order chi connectivity index (χ0) is 25.3. The van der Waals surface area contributed by atoms with Crippen molar-refractivity contribution in [1.82, 2.24) is 4.90 Å². The number of carboxylic acid groups (broad SMARTS) is 1. The van der Waals surface area contributed by atoms with Gasteiger partial charge in [0.25, 0.3) is 0 Å². The van der Waals surface area contributed by atoms with Gasteiger partial charge in [0.15, 0.2) is 0 Å². The van der Waals surface area contributed by atoms with E-state index >= 15 is 0 Å². The van der Waals surface area contributed by atoms with E-state index < -0.39 is 5.97 Å². The minimum Gasteiger partial charge on any atom is -0.508 e. The molecule has 0 bridgehead atoms. The van der Waals surface area contributed by atoms with Gasteiger partial charge in [-0.3, -0.25) is 9.69 Å². The normalized spacial score (nSPS) is 24.9. The van der Waals surface area contributed by atoms with E-state index in [1.165, 1.54) is 19.3 Å². The highest BCUT2D eigenvalue weighted by molar-refractivity contribution is 5.66. The minimum absolute atomic E-state index is 0.00917. The number of aliphatic hydroxyl groups excluding tert-OH is 1. The van der Waals surface area contributed by atoms with Gasteiger partial charge in [0.05, 0.1) is 18.8 Å². The maximum absolute atomic E-state index is 11.0. The minimum atomic E-state index is -0.771. The molecule has 0 amide bonds. The molecule has 3 N–H and O–H groups in total. The Balaban J connectivity index is 1.38. The van der Waals surface area contributed by atoms with Crippen LogP contribution in [0.3, 0.4) is 0 Å². The summed E-state index contributed by atoms with van der Waals surface area (Å²) in [5.74, 6) is -0.272. The summed E-state index contributed by atoms with van der Waals surface area (Å²) in [6, 6.07) is 15.6. The first kappa shape index (κ1) is 26.4. The van der Waals surface area contributed by atoms with Crippen LogP contribution in [-0.4, -0.2) is 57.5 Å². The lowest BCUT2D eigenvalue weighted by atomic mass is 9.92. The van der Waals surface area contributed by atoms with Crippen LogP contribution in [0.4, 0.5) is 0 Å². The summed E-state index contributed by atoms with van der Waals surface area (Å²) in [6.07, 6.45) is 10.4. The topological polar surface area (TPSA) is 90.2 Å². The third kappa shape index (κ3) is 7.19. The molecule has 0 spiro atoms. The van der Waals surface area contributed by atoms with E-state index in [2.05, 4.69) is 23.1 Å². The highest BCUT2D eigenvalue weighted by Gasteiger charge is 2.45. The van der Waals surface area contributed by atoms with Crippen molar-refractivity contribution in [1.29, 1.82) is 0 Å². The molecule has 1 saturated carbocycles. The molecule has 1 heterocycles. The van der Waals surface area contributed by atoms with Crippen molar-refractivity contribution in [2.45, 2.75) is 76.2 Å². The highest BCUT2D eigenvalue weighted by Crippen LogP contribution is 2.38. The Labute approximate surface area is 214 Å². The molecule has 4 atom stereocenters. The maximum atomic E-state index is 11.0. The summed E-state index contributed by atoms with van der Waals surface area (Å²) < 4.78 is 6.44. The number of aliphatic hydroxyl groups is 1. The molecule has 2 aliphatic rings. The first-order valence-electron chi connectivity index (χ1n) is 13.3. The van der Waals surface area contributed by atoms with Crippen LogP contribution in [-0.2, 0) is 16.1 Å². The maximum Gasteiger partial charge on any atom is 0.303 e. The number of aliphatic carboxylic acids is 1. The molecule has 36 heavy (non-hydrogen) atoms. The Bertz CT molecular complexity index is 999. The Morgan fingerprint density at radius 1 is 1.00 bits per heavy atom. The fourth-order valence-corrected chi connectivity index (χ4v) is 5.75. The van der Waals surface area contributed by atoms with Gasteiger partial charge in [0.1, 0.15) is 5.75 Å². The first-order chi connectivity index (χ1) is 17.5. The number of phenols is 1. The number of hydrogen-bond donors (Lipinski definition) is 3. The third-order valence-electron chi connectivity index (χ3n) is 7.55. The number of nitrogens with zero attached hydrogens (tertiary/aromatic N) is 1. The number of rotatable bonds is 11. The molecule has 194 valence electrons. The van der Waals surface area contributed by atoms with Gasteiger partial charge < -0.3 is 20.1 Å². The van der Waals surface area contributed by atoms with E-state index in [0.29, 0.717) is 19.4 Å². The molecule has 6 heteroatoms.